The molecule has 0 radical (unpaired) electrons. The molecular weight excluding hydrogens is 388 g/mol. The second kappa shape index (κ2) is 7.18. The van der Waals surface area contributed by atoms with Crippen molar-refractivity contribution in [3.05, 3.63) is 30.0 Å². The number of ether oxygens (including phenoxy) is 1. The van der Waals surface area contributed by atoms with Crippen LogP contribution in [0.25, 0.3) is 10.9 Å². The van der Waals surface area contributed by atoms with Gasteiger partial charge in [0.1, 0.15) is 5.84 Å². The topological polar surface area (TPSA) is 93.0 Å². The van der Waals surface area contributed by atoms with Crippen molar-refractivity contribution in [2.24, 2.45) is 16.0 Å². The van der Waals surface area contributed by atoms with E-state index in [0.717, 1.165) is 22.5 Å². The molecule has 2 aromatic rings. The number of sulfone groups is 1. The van der Waals surface area contributed by atoms with Gasteiger partial charge in [0, 0.05) is 30.5 Å². The van der Waals surface area contributed by atoms with E-state index in [4.69, 9.17) is 9.73 Å². The smallest absolute Gasteiger partial charge is 0.184 e. The molecule has 0 aliphatic carbocycles. The monoisotopic (exact) mass is 414 g/mol. The molecule has 8 heteroatoms. The van der Waals surface area contributed by atoms with Crippen molar-refractivity contribution >= 4 is 38.0 Å². The Hall–Kier alpha value is -2.32. The lowest BCUT2D eigenvalue weighted by Gasteiger charge is -2.33. The highest BCUT2D eigenvalue weighted by atomic mass is 32.2. The summed E-state index contributed by atoms with van der Waals surface area (Å²) in [5.74, 6) is 0.837. The summed E-state index contributed by atoms with van der Waals surface area (Å²) in [7, 11) is -3.54. The van der Waals surface area contributed by atoms with Crippen LogP contribution in [-0.4, -0.2) is 42.9 Å². The van der Waals surface area contributed by atoms with Gasteiger partial charge in [-0.15, -0.1) is 0 Å². The first kappa shape index (κ1) is 20.0. The highest BCUT2D eigenvalue weighted by Crippen LogP contribution is 2.38. The molecule has 1 fully saturated rings. The predicted octanol–water partition coefficient (Wildman–Crippen LogP) is 3.53. The van der Waals surface area contributed by atoms with Crippen LogP contribution in [0.15, 0.2) is 39.4 Å². The Morgan fingerprint density at radius 3 is 2.62 bits per heavy atom. The van der Waals surface area contributed by atoms with Crippen molar-refractivity contribution in [1.29, 1.82) is 0 Å². The number of rotatable bonds is 3. The molecule has 0 saturated carbocycles. The van der Waals surface area contributed by atoms with Crippen molar-refractivity contribution in [2.45, 2.75) is 50.2 Å². The van der Waals surface area contributed by atoms with Crippen molar-refractivity contribution in [3.8, 4) is 0 Å². The molecule has 1 unspecified atom stereocenters. The third kappa shape index (κ3) is 3.34. The fourth-order valence-corrected chi connectivity index (χ4v) is 5.77. The van der Waals surface area contributed by atoms with Crippen LogP contribution in [0.2, 0.25) is 0 Å². The largest absolute Gasteiger partial charge is 0.381 e. The molecule has 1 saturated heterocycles. The second-order valence-corrected chi connectivity index (χ2v) is 10.5. The molecule has 3 heterocycles. The Kier molecular flexibility index (Phi) is 4.94. The zero-order valence-electron chi connectivity index (χ0n) is 17.2. The Morgan fingerprint density at radius 1 is 1.24 bits per heavy atom. The van der Waals surface area contributed by atoms with Gasteiger partial charge in [-0.05, 0) is 64.3 Å². The molecule has 4 rings (SSSR count). The number of aryl methyl sites for hydroxylation is 1. The molecule has 2 aliphatic rings. The molecule has 7 nitrogen and oxygen atoms in total. The first-order valence-electron chi connectivity index (χ1n) is 9.83. The van der Waals surface area contributed by atoms with E-state index in [-0.39, 0.29) is 5.92 Å². The van der Waals surface area contributed by atoms with Gasteiger partial charge in [0.05, 0.1) is 26.8 Å². The normalized spacial score (nSPS) is 23.2. The van der Waals surface area contributed by atoms with Gasteiger partial charge in [0.25, 0.3) is 0 Å². The zero-order valence-corrected chi connectivity index (χ0v) is 18.0. The number of benzene rings is 1. The number of fused-ring (bicyclic) bond motifs is 1. The van der Waals surface area contributed by atoms with E-state index in [1.807, 2.05) is 33.8 Å². The quantitative estimate of drug-likeness (QED) is 0.829. The molecule has 1 atom stereocenters. The molecule has 29 heavy (non-hydrogen) atoms. The van der Waals surface area contributed by atoms with Gasteiger partial charge in [-0.25, -0.2) is 13.4 Å². The van der Waals surface area contributed by atoms with Gasteiger partial charge in [0.15, 0.2) is 9.84 Å². The van der Waals surface area contributed by atoms with E-state index in [9.17, 15) is 8.42 Å². The minimum atomic E-state index is -3.54. The molecule has 1 N–H and O–H groups in total. The number of hydrazone groups is 1. The summed E-state index contributed by atoms with van der Waals surface area (Å²) in [6.45, 7) is 8.56. The van der Waals surface area contributed by atoms with Gasteiger partial charge >= 0.3 is 0 Å². The Labute approximate surface area is 171 Å². The lowest BCUT2D eigenvalue weighted by atomic mass is 10.0. The predicted molar refractivity (Wildman–Crippen MR) is 115 cm³/mol. The van der Waals surface area contributed by atoms with E-state index in [0.29, 0.717) is 42.2 Å². The number of aliphatic imine (C=N–C) groups is 1. The van der Waals surface area contributed by atoms with Crippen LogP contribution in [0.3, 0.4) is 0 Å². The summed E-state index contributed by atoms with van der Waals surface area (Å²) in [6, 6.07) is 5.38. The van der Waals surface area contributed by atoms with E-state index in [1.165, 1.54) is 0 Å². The van der Waals surface area contributed by atoms with Gasteiger partial charge in [-0.1, -0.05) is 0 Å². The number of nitrogens with zero attached hydrogens (tertiary/aromatic N) is 3. The van der Waals surface area contributed by atoms with E-state index in [2.05, 4.69) is 15.5 Å². The highest BCUT2D eigenvalue weighted by molar-refractivity contribution is 7.92. The third-order valence-electron chi connectivity index (χ3n) is 6.13. The van der Waals surface area contributed by atoms with Crippen molar-refractivity contribution < 1.29 is 13.2 Å². The van der Waals surface area contributed by atoms with Crippen LogP contribution >= 0.6 is 0 Å². The van der Waals surface area contributed by atoms with Crippen LogP contribution in [0.1, 0.15) is 39.2 Å². The second-order valence-electron chi connectivity index (χ2n) is 8.11. The number of nitrogens with one attached hydrogen (secondary N) is 1. The highest BCUT2D eigenvalue weighted by Gasteiger charge is 2.42. The van der Waals surface area contributed by atoms with Crippen LogP contribution in [0, 0.1) is 12.8 Å². The molecule has 0 spiro atoms. The maximum Gasteiger partial charge on any atom is 0.184 e. The molecule has 2 aliphatic heterocycles. The van der Waals surface area contributed by atoms with Crippen molar-refractivity contribution in [2.75, 3.05) is 13.2 Å². The Balaban J connectivity index is 1.85. The fourth-order valence-electron chi connectivity index (χ4n) is 3.78. The Morgan fingerprint density at radius 2 is 1.97 bits per heavy atom. The van der Waals surface area contributed by atoms with Crippen LogP contribution in [0.5, 0.6) is 0 Å². The average molecular weight is 415 g/mol. The van der Waals surface area contributed by atoms with Crippen molar-refractivity contribution in [3.63, 3.8) is 0 Å². The number of hydrogen-bond acceptors (Lipinski definition) is 6. The van der Waals surface area contributed by atoms with E-state index < -0.39 is 14.6 Å². The molecule has 154 valence electrons. The minimum absolute atomic E-state index is 0.0908. The van der Waals surface area contributed by atoms with Gasteiger partial charge in [-0.2, -0.15) is 5.10 Å². The summed E-state index contributed by atoms with van der Waals surface area (Å²) in [6.07, 6.45) is 2.68. The summed E-state index contributed by atoms with van der Waals surface area (Å²) < 4.78 is 31.7. The lowest BCUT2D eigenvalue weighted by Crippen LogP contribution is -2.41. The van der Waals surface area contributed by atoms with Crippen molar-refractivity contribution in [1.82, 2.24) is 10.4 Å². The lowest BCUT2D eigenvalue weighted by molar-refractivity contribution is 0.0789. The molecular formula is C21H26N4O3S. The van der Waals surface area contributed by atoms with Gasteiger partial charge in [-0.3, -0.25) is 10.4 Å². The SMILES string of the molecule is CC1=NNC(=Nc2ccnc3cc(C)c(S(=O)(=O)C4(C)CCOCC4)cc23)C1C. The first-order chi connectivity index (χ1) is 13.7. The molecule has 0 bridgehead atoms. The standard InChI is InChI=1S/C21H26N4O3S/c1-13-11-18-16(12-19(13)29(26,27)21(4)6-9-28-10-7-21)17(5-8-22-18)23-20-14(2)15(3)24-25-20/h5,8,11-12,14H,6-7,9-10H2,1-4H3,(H,22,23,25). The fraction of sp³-hybridized carbons (Fsp3) is 0.476. The number of amidine groups is 1. The van der Waals surface area contributed by atoms with Crippen LogP contribution < -0.4 is 5.43 Å². The molecule has 1 aromatic carbocycles. The van der Waals surface area contributed by atoms with Crippen LogP contribution in [-0.2, 0) is 14.6 Å². The Bertz CT molecular complexity index is 1130. The van der Waals surface area contributed by atoms with E-state index in [1.54, 1.807) is 18.3 Å². The zero-order chi connectivity index (χ0) is 20.8. The maximum atomic E-state index is 13.6. The maximum absolute atomic E-state index is 13.6. The number of aromatic nitrogens is 1. The summed E-state index contributed by atoms with van der Waals surface area (Å²) in [5.41, 5.74) is 6.05. The van der Waals surface area contributed by atoms with Crippen LogP contribution in [0.4, 0.5) is 5.69 Å². The average Bonchev–Trinajstić information content (AvgIpc) is 3.00. The summed E-state index contributed by atoms with van der Waals surface area (Å²) >= 11 is 0. The first-order valence-corrected chi connectivity index (χ1v) is 11.3. The number of hydrogen-bond donors (Lipinski definition) is 1. The number of pyridine rings is 1. The molecule has 1 aromatic heterocycles. The van der Waals surface area contributed by atoms with Gasteiger partial charge < -0.3 is 4.74 Å². The summed E-state index contributed by atoms with van der Waals surface area (Å²) in [5, 5.41) is 4.95. The minimum Gasteiger partial charge on any atom is -0.381 e. The molecule has 0 amide bonds. The third-order valence-corrected chi connectivity index (χ3v) is 8.85. The van der Waals surface area contributed by atoms with E-state index >= 15 is 0 Å². The van der Waals surface area contributed by atoms with Gasteiger partial charge in [0.2, 0.25) is 0 Å². The summed E-state index contributed by atoms with van der Waals surface area (Å²) in [4.78, 5) is 9.52.